The molecule has 0 aromatic heterocycles. The lowest BCUT2D eigenvalue weighted by atomic mass is 10.4. The van der Waals surface area contributed by atoms with Crippen LogP contribution in [0.25, 0.3) is 0 Å². The Morgan fingerprint density at radius 3 is 2.82 bits per heavy atom. The molecule has 3 heteroatoms. The Balaban J connectivity index is 3.42. The number of methoxy groups -OCH3 is 1. The molecule has 0 heterocycles. The number of rotatable bonds is 5. The maximum Gasteiger partial charge on any atom is 0.319 e. The van der Waals surface area contributed by atoms with Crippen molar-refractivity contribution in [3.05, 3.63) is 12.7 Å². The molecule has 0 amide bonds. The topological polar surface area (TPSA) is 29.5 Å². The number of ether oxygens (including phenoxy) is 1. The lowest BCUT2D eigenvalue weighted by Gasteiger charge is -2.12. The van der Waals surface area contributed by atoms with E-state index in [1.165, 1.54) is 7.11 Å². The van der Waals surface area contributed by atoms with Crippen molar-refractivity contribution in [2.45, 2.75) is 6.42 Å². The lowest BCUT2D eigenvalue weighted by molar-refractivity contribution is -0.141. The first-order valence-corrected chi connectivity index (χ1v) is 3.57. The van der Waals surface area contributed by atoms with Gasteiger partial charge in [-0.25, -0.2) is 0 Å². The third-order valence-electron chi connectivity index (χ3n) is 1.34. The van der Waals surface area contributed by atoms with Gasteiger partial charge >= 0.3 is 5.97 Å². The predicted molar refractivity (Wildman–Crippen MR) is 44.3 cm³/mol. The van der Waals surface area contributed by atoms with Gasteiger partial charge in [0.05, 0.1) is 13.7 Å². The van der Waals surface area contributed by atoms with Gasteiger partial charge in [0.15, 0.2) is 0 Å². The fourth-order valence-corrected chi connectivity index (χ4v) is 0.676. The number of nitrogens with zero attached hydrogens (tertiary/aromatic N) is 1. The van der Waals surface area contributed by atoms with E-state index in [-0.39, 0.29) is 5.97 Å². The minimum Gasteiger partial charge on any atom is -0.468 e. The monoisotopic (exact) mass is 157 g/mol. The van der Waals surface area contributed by atoms with E-state index in [1.54, 1.807) is 0 Å². The van der Waals surface area contributed by atoms with E-state index in [4.69, 9.17) is 0 Å². The van der Waals surface area contributed by atoms with Gasteiger partial charge in [0, 0.05) is 6.54 Å². The summed E-state index contributed by atoms with van der Waals surface area (Å²) >= 11 is 0. The highest BCUT2D eigenvalue weighted by molar-refractivity contribution is 5.71. The smallest absolute Gasteiger partial charge is 0.319 e. The Hall–Kier alpha value is -0.830. The van der Waals surface area contributed by atoms with Crippen LogP contribution in [0.15, 0.2) is 12.7 Å². The first kappa shape index (κ1) is 10.2. The zero-order valence-corrected chi connectivity index (χ0v) is 7.17. The summed E-state index contributed by atoms with van der Waals surface area (Å²) in [5.74, 6) is -0.198. The molecule has 0 saturated carbocycles. The molecule has 0 bridgehead atoms. The van der Waals surface area contributed by atoms with E-state index in [0.717, 1.165) is 13.0 Å². The first-order valence-electron chi connectivity index (χ1n) is 3.57. The molecular formula is C8H15NO2. The summed E-state index contributed by atoms with van der Waals surface area (Å²) in [5.41, 5.74) is 0. The van der Waals surface area contributed by atoms with Crippen LogP contribution in [0.2, 0.25) is 0 Å². The van der Waals surface area contributed by atoms with Crippen LogP contribution in [0.4, 0.5) is 0 Å². The Bertz CT molecular complexity index is 134. The molecule has 11 heavy (non-hydrogen) atoms. The molecule has 0 saturated heterocycles. The first-order chi connectivity index (χ1) is 5.20. The Morgan fingerprint density at radius 2 is 2.36 bits per heavy atom. The van der Waals surface area contributed by atoms with Crippen LogP contribution in [0.5, 0.6) is 0 Å². The van der Waals surface area contributed by atoms with Crippen molar-refractivity contribution < 1.29 is 9.53 Å². The maximum atomic E-state index is 10.7. The average Bonchev–Trinajstić information content (AvgIpc) is 2.00. The highest BCUT2D eigenvalue weighted by atomic mass is 16.5. The molecule has 0 unspecified atom stereocenters. The number of hydrogen-bond acceptors (Lipinski definition) is 3. The van der Waals surface area contributed by atoms with E-state index in [9.17, 15) is 4.79 Å². The van der Waals surface area contributed by atoms with Crippen molar-refractivity contribution in [2.24, 2.45) is 0 Å². The minimum atomic E-state index is -0.198. The second-order valence-corrected chi connectivity index (χ2v) is 2.39. The molecule has 0 aromatic carbocycles. The zero-order chi connectivity index (χ0) is 8.69. The maximum absolute atomic E-state index is 10.7. The molecule has 3 nitrogen and oxygen atoms in total. The molecule has 0 aliphatic heterocycles. The van der Waals surface area contributed by atoms with E-state index in [0.29, 0.717) is 6.54 Å². The van der Waals surface area contributed by atoms with Crippen molar-refractivity contribution in [1.29, 1.82) is 0 Å². The number of esters is 1. The molecule has 0 aliphatic rings. The molecule has 0 fully saturated rings. The fraction of sp³-hybridized carbons (Fsp3) is 0.625. The summed E-state index contributed by atoms with van der Waals surface area (Å²) in [6.45, 7) is 4.79. The van der Waals surface area contributed by atoms with Crippen LogP contribution in [0.3, 0.4) is 0 Å². The van der Waals surface area contributed by atoms with Gasteiger partial charge in [0.25, 0.3) is 0 Å². The summed E-state index contributed by atoms with van der Waals surface area (Å²) in [5, 5.41) is 0. The Kier molecular flexibility index (Phi) is 5.47. The standard InChI is InChI=1S/C8H15NO2/c1-4-5-6-9(2)7-8(10)11-3/h4H,1,5-7H2,2-3H3. The third kappa shape index (κ3) is 5.61. The van der Waals surface area contributed by atoms with Crippen LogP contribution >= 0.6 is 0 Å². The van der Waals surface area contributed by atoms with Crippen molar-refractivity contribution >= 4 is 5.97 Å². The van der Waals surface area contributed by atoms with Gasteiger partial charge in [-0.05, 0) is 13.5 Å². The quantitative estimate of drug-likeness (QED) is 0.434. The van der Waals surface area contributed by atoms with Crippen LogP contribution < -0.4 is 0 Å². The SMILES string of the molecule is C=CCCN(C)CC(=O)OC. The van der Waals surface area contributed by atoms with Gasteiger partial charge in [-0.3, -0.25) is 9.69 Å². The van der Waals surface area contributed by atoms with Gasteiger partial charge in [0.1, 0.15) is 0 Å². The summed E-state index contributed by atoms with van der Waals surface area (Å²) in [4.78, 5) is 12.6. The second kappa shape index (κ2) is 5.92. The van der Waals surface area contributed by atoms with Crippen LogP contribution in [0, 0.1) is 0 Å². The molecule has 0 N–H and O–H groups in total. The number of likely N-dealkylation sites (N-methyl/N-ethyl adjacent to an activating group) is 1. The molecule has 0 rings (SSSR count). The number of hydrogen-bond donors (Lipinski definition) is 0. The van der Waals surface area contributed by atoms with Crippen molar-refractivity contribution in [2.75, 3.05) is 27.2 Å². The van der Waals surface area contributed by atoms with Crippen LogP contribution in [-0.4, -0.2) is 38.1 Å². The molecule has 0 spiro atoms. The fourth-order valence-electron chi connectivity index (χ4n) is 0.676. The average molecular weight is 157 g/mol. The summed E-state index contributed by atoms with van der Waals surface area (Å²) in [6, 6.07) is 0. The largest absolute Gasteiger partial charge is 0.468 e. The normalized spacial score (nSPS) is 9.73. The summed E-state index contributed by atoms with van der Waals surface area (Å²) < 4.78 is 4.49. The molecular weight excluding hydrogens is 142 g/mol. The lowest BCUT2D eigenvalue weighted by Crippen LogP contribution is -2.27. The Morgan fingerprint density at radius 1 is 1.73 bits per heavy atom. The zero-order valence-electron chi connectivity index (χ0n) is 7.17. The minimum absolute atomic E-state index is 0.198. The summed E-state index contributed by atoms with van der Waals surface area (Å²) in [7, 11) is 3.27. The van der Waals surface area contributed by atoms with E-state index in [2.05, 4.69) is 11.3 Å². The molecule has 0 atom stereocenters. The highest BCUT2D eigenvalue weighted by Gasteiger charge is 2.03. The molecule has 0 aromatic rings. The van der Waals surface area contributed by atoms with Gasteiger partial charge in [-0.2, -0.15) is 0 Å². The van der Waals surface area contributed by atoms with Gasteiger partial charge in [-0.15, -0.1) is 6.58 Å². The summed E-state index contributed by atoms with van der Waals surface area (Å²) in [6.07, 6.45) is 2.72. The van der Waals surface area contributed by atoms with Crippen molar-refractivity contribution in [3.63, 3.8) is 0 Å². The molecule has 0 radical (unpaired) electrons. The third-order valence-corrected chi connectivity index (χ3v) is 1.34. The highest BCUT2D eigenvalue weighted by Crippen LogP contribution is 1.88. The number of carbonyl (C=O) groups excluding carboxylic acids is 1. The molecule has 0 aliphatic carbocycles. The van der Waals surface area contributed by atoms with Crippen molar-refractivity contribution in [3.8, 4) is 0 Å². The Labute approximate surface area is 67.6 Å². The second-order valence-electron chi connectivity index (χ2n) is 2.39. The van der Waals surface area contributed by atoms with E-state index < -0.39 is 0 Å². The van der Waals surface area contributed by atoms with Gasteiger partial charge in [-0.1, -0.05) is 6.08 Å². The van der Waals surface area contributed by atoms with Crippen molar-refractivity contribution in [1.82, 2.24) is 4.90 Å². The van der Waals surface area contributed by atoms with Crippen LogP contribution in [-0.2, 0) is 9.53 Å². The van der Waals surface area contributed by atoms with E-state index >= 15 is 0 Å². The van der Waals surface area contributed by atoms with Gasteiger partial charge in [0.2, 0.25) is 0 Å². The molecule has 64 valence electrons. The van der Waals surface area contributed by atoms with Crippen LogP contribution in [0.1, 0.15) is 6.42 Å². The van der Waals surface area contributed by atoms with E-state index in [1.807, 2.05) is 18.0 Å². The van der Waals surface area contributed by atoms with Gasteiger partial charge < -0.3 is 4.74 Å². The predicted octanol–water partition coefficient (Wildman–Crippen LogP) is 0.667. The number of carbonyl (C=O) groups is 1.